The molecule has 0 atom stereocenters. The molecule has 4 nitrogen and oxygen atoms in total. The summed E-state index contributed by atoms with van der Waals surface area (Å²) in [5.74, 6) is 0.151. The van der Waals surface area contributed by atoms with Crippen LogP contribution in [0.5, 0.6) is 5.75 Å². The average Bonchev–Trinajstić information content (AvgIpc) is 2.59. The zero-order valence-electron chi connectivity index (χ0n) is 14.1. The van der Waals surface area contributed by atoms with Crippen LogP contribution in [0.2, 0.25) is 5.02 Å². The summed E-state index contributed by atoms with van der Waals surface area (Å²) >= 11 is 12.0. The van der Waals surface area contributed by atoms with Crippen molar-refractivity contribution in [3.05, 3.63) is 66.2 Å². The van der Waals surface area contributed by atoms with Gasteiger partial charge in [-0.05, 0) is 80.0 Å². The Morgan fingerprint density at radius 3 is 2.54 bits per heavy atom. The first-order chi connectivity index (χ1) is 12.3. The van der Waals surface area contributed by atoms with Crippen molar-refractivity contribution in [2.24, 2.45) is 0 Å². The van der Waals surface area contributed by atoms with Crippen molar-refractivity contribution in [3.63, 3.8) is 0 Å². The van der Waals surface area contributed by atoms with E-state index in [2.05, 4.69) is 38.5 Å². The molecule has 26 heavy (non-hydrogen) atoms. The van der Waals surface area contributed by atoms with Crippen LogP contribution in [0.3, 0.4) is 0 Å². The van der Waals surface area contributed by atoms with E-state index in [0.29, 0.717) is 27.4 Å². The van der Waals surface area contributed by atoms with Crippen molar-refractivity contribution >= 4 is 62.1 Å². The van der Waals surface area contributed by atoms with E-state index >= 15 is 0 Å². The molecule has 0 spiro atoms. The first-order valence-corrected chi connectivity index (χ1v) is 9.76. The molecule has 0 saturated heterocycles. The Balaban J connectivity index is 2.23. The standard InChI is InChI=1S/C19H15BrClIN2O2/c1-24(2)19(25)14(10-23)7-13-8-16(20)18(17(21)9-13)26-11-12-3-5-15(22)6-4-12/h3-9H,11H2,1-2H3/b14-7-. The smallest absolute Gasteiger partial charge is 0.264 e. The van der Waals surface area contributed by atoms with Gasteiger partial charge in [-0.15, -0.1) is 0 Å². The second-order valence-electron chi connectivity index (χ2n) is 5.60. The number of likely N-dealkylation sites (N-methyl/N-ethyl adjacent to an activating group) is 1. The quantitative estimate of drug-likeness (QED) is 0.292. The van der Waals surface area contributed by atoms with Crippen LogP contribution in [-0.4, -0.2) is 24.9 Å². The van der Waals surface area contributed by atoms with Gasteiger partial charge in [-0.3, -0.25) is 4.79 Å². The molecule has 7 heteroatoms. The van der Waals surface area contributed by atoms with Crippen LogP contribution in [0.25, 0.3) is 6.08 Å². The summed E-state index contributed by atoms with van der Waals surface area (Å²) in [5, 5.41) is 9.59. The number of halogens is 3. The van der Waals surface area contributed by atoms with E-state index in [4.69, 9.17) is 16.3 Å². The first kappa shape index (κ1) is 20.7. The number of carbonyl (C=O) groups is 1. The van der Waals surface area contributed by atoms with Gasteiger partial charge in [-0.25, -0.2) is 0 Å². The lowest BCUT2D eigenvalue weighted by molar-refractivity contribution is -0.124. The zero-order valence-corrected chi connectivity index (χ0v) is 18.6. The Hall–Kier alpha value is -1.56. The molecule has 0 aromatic heterocycles. The Labute approximate surface area is 179 Å². The summed E-state index contributed by atoms with van der Waals surface area (Å²) in [6.07, 6.45) is 1.50. The van der Waals surface area contributed by atoms with Gasteiger partial charge in [0.05, 0.1) is 9.50 Å². The SMILES string of the molecule is CN(C)C(=O)/C(C#N)=C\c1cc(Cl)c(OCc2ccc(I)cc2)c(Br)c1. The number of amides is 1. The Kier molecular flexibility index (Phi) is 7.50. The van der Waals surface area contributed by atoms with E-state index in [0.717, 1.165) is 9.13 Å². The summed E-state index contributed by atoms with van der Waals surface area (Å²) in [6.45, 7) is 0.382. The summed E-state index contributed by atoms with van der Waals surface area (Å²) in [7, 11) is 3.19. The van der Waals surface area contributed by atoms with Gasteiger partial charge in [0.2, 0.25) is 0 Å². The molecule has 0 radical (unpaired) electrons. The Morgan fingerprint density at radius 1 is 1.35 bits per heavy atom. The fourth-order valence-electron chi connectivity index (χ4n) is 2.09. The summed E-state index contributed by atoms with van der Waals surface area (Å²) in [4.78, 5) is 13.3. The fraction of sp³-hybridized carbons (Fsp3) is 0.158. The van der Waals surface area contributed by atoms with Gasteiger partial charge in [-0.1, -0.05) is 23.7 Å². The van der Waals surface area contributed by atoms with E-state index in [-0.39, 0.29) is 11.5 Å². The minimum Gasteiger partial charge on any atom is -0.486 e. The van der Waals surface area contributed by atoms with Crippen molar-refractivity contribution in [2.45, 2.75) is 6.61 Å². The molecule has 2 rings (SSSR count). The summed E-state index contributed by atoms with van der Waals surface area (Å²) < 4.78 is 7.63. The number of hydrogen-bond acceptors (Lipinski definition) is 3. The number of ether oxygens (including phenoxy) is 1. The van der Waals surface area contributed by atoms with Crippen molar-refractivity contribution in [3.8, 4) is 11.8 Å². The highest BCUT2D eigenvalue weighted by atomic mass is 127. The second kappa shape index (κ2) is 9.40. The van der Waals surface area contributed by atoms with Crippen LogP contribution in [-0.2, 0) is 11.4 Å². The Bertz CT molecular complexity index is 866. The maximum absolute atomic E-state index is 12.0. The molecule has 0 bridgehead atoms. The van der Waals surface area contributed by atoms with Gasteiger partial charge < -0.3 is 9.64 Å². The molecule has 0 fully saturated rings. The van der Waals surface area contributed by atoms with E-state index in [1.807, 2.05) is 30.3 Å². The number of rotatable bonds is 5. The molecular formula is C19H15BrClIN2O2. The van der Waals surface area contributed by atoms with Crippen LogP contribution >= 0.6 is 50.1 Å². The lowest BCUT2D eigenvalue weighted by atomic mass is 10.1. The highest BCUT2D eigenvalue weighted by Crippen LogP contribution is 2.35. The maximum atomic E-state index is 12.0. The zero-order chi connectivity index (χ0) is 19.3. The van der Waals surface area contributed by atoms with Gasteiger partial charge in [0.1, 0.15) is 18.2 Å². The largest absolute Gasteiger partial charge is 0.486 e. The summed E-state index contributed by atoms with van der Waals surface area (Å²) in [6, 6.07) is 13.3. The molecule has 1 amide bonds. The van der Waals surface area contributed by atoms with Gasteiger partial charge in [0.25, 0.3) is 5.91 Å². The number of benzene rings is 2. The van der Waals surface area contributed by atoms with Crippen molar-refractivity contribution in [2.75, 3.05) is 14.1 Å². The molecule has 0 heterocycles. The second-order valence-corrected chi connectivity index (χ2v) is 8.11. The molecule has 0 aliphatic heterocycles. The molecule has 0 unspecified atom stereocenters. The minimum atomic E-state index is -0.362. The molecule has 2 aromatic rings. The fourth-order valence-corrected chi connectivity index (χ4v) is 3.43. The van der Waals surface area contributed by atoms with Crippen LogP contribution in [0.1, 0.15) is 11.1 Å². The lowest BCUT2D eigenvalue weighted by Crippen LogP contribution is -2.22. The first-order valence-electron chi connectivity index (χ1n) is 7.51. The third-order valence-electron chi connectivity index (χ3n) is 3.39. The predicted molar refractivity (Wildman–Crippen MR) is 115 cm³/mol. The van der Waals surface area contributed by atoms with Gasteiger partial charge in [0.15, 0.2) is 5.75 Å². The van der Waals surface area contributed by atoms with Crippen LogP contribution in [0.4, 0.5) is 0 Å². The molecule has 0 aliphatic carbocycles. The maximum Gasteiger partial charge on any atom is 0.264 e. The average molecular weight is 546 g/mol. The highest BCUT2D eigenvalue weighted by molar-refractivity contribution is 14.1. The van der Waals surface area contributed by atoms with Crippen LogP contribution < -0.4 is 4.74 Å². The van der Waals surface area contributed by atoms with Crippen LogP contribution in [0.15, 0.2) is 46.4 Å². The van der Waals surface area contributed by atoms with Crippen molar-refractivity contribution in [1.29, 1.82) is 5.26 Å². The van der Waals surface area contributed by atoms with E-state index < -0.39 is 0 Å². The van der Waals surface area contributed by atoms with E-state index in [1.54, 1.807) is 26.2 Å². The third kappa shape index (κ3) is 5.47. The molecule has 0 N–H and O–H groups in total. The highest BCUT2D eigenvalue weighted by Gasteiger charge is 2.13. The number of hydrogen-bond donors (Lipinski definition) is 0. The normalized spacial score (nSPS) is 11.0. The van der Waals surface area contributed by atoms with Gasteiger partial charge in [-0.2, -0.15) is 5.26 Å². The molecule has 2 aromatic carbocycles. The monoisotopic (exact) mass is 544 g/mol. The van der Waals surface area contributed by atoms with Gasteiger partial charge >= 0.3 is 0 Å². The van der Waals surface area contributed by atoms with E-state index in [1.165, 1.54) is 11.0 Å². The Morgan fingerprint density at radius 2 is 2.00 bits per heavy atom. The minimum absolute atomic E-state index is 0.0329. The topological polar surface area (TPSA) is 53.3 Å². The number of nitrogens with zero attached hydrogens (tertiary/aromatic N) is 2. The van der Waals surface area contributed by atoms with E-state index in [9.17, 15) is 10.1 Å². The third-order valence-corrected chi connectivity index (χ3v) is 4.97. The molecule has 0 saturated carbocycles. The predicted octanol–water partition coefficient (Wildman–Crippen LogP) is 5.28. The van der Waals surface area contributed by atoms with Crippen molar-refractivity contribution in [1.82, 2.24) is 4.90 Å². The molecular weight excluding hydrogens is 530 g/mol. The lowest BCUT2D eigenvalue weighted by Gasteiger charge is -2.12. The van der Waals surface area contributed by atoms with Crippen molar-refractivity contribution < 1.29 is 9.53 Å². The number of nitriles is 1. The number of carbonyl (C=O) groups excluding carboxylic acids is 1. The van der Waals surface area contributed by atoms with Gasteiger partial charge in [0, 0.05) is 17.7 Å². The summed E-state index contributed by atoms with van der Waals surface area (Å²) in [5.41, 5.74) is 1.70. The molecule has 134 valence electrons. The molecule has 0 aliphatic rings. The van der Waals surface area contributed by atoms with Crippen LogP contribution in [0, 0.1) is 14.9 Å².